The third-order valence-electron chi connectivity index (χ3n) is 2.20. The van der Waals surface area contributed by atoms with Crippen LogP contribution in [0.25, 0.3) is 0 Å². The number of hydrogen-bond donors (Lipinski definition) is 1. The summed E-state index contributed by atoms with van der Waals surface area (Å²) in [7, 11) is 1.10. The first-order valence-corrected chi connectivity index (χ1v) is 6.01. The highest BCUT2D eigenvalue weighted by Crippen LogP contribution is 2.27. The van der Waals surface area contributed by atoms with Crippen LogP contribution in [-0.4, -0.2) is 25.2 Å². The van der Waals surface area contributed by atoms with Crippen LogP contribution in [0.1, 0.15) is 15.9 Å². The Morgan fingerprint density at radius 2 is 1.89 bits per heavy atom. The van der Waals surface area contributed by atoms with Crippen LogP contribution in [0.4, 0.5) is 18.9 Å². The molecule has 8 heteroatoms. The van der Waals surface area contributed by atoms with Crippen LogP contribution in [0, 0.1) is 10.5 Å². The zero-order chi connectivity index (χ0) is 14.8. The molecule has 0 saturated carbocycles. The SMILES string of the molecule is COC(=O)c1cc(I)cc(C)c1NC(=O)C(F)(F)F. The van der Waals surface area contributed by atoms with E-state index in [4.69, 9.17) is 0 Å². The fourth-order valence-electron chi connectivity index (χ4n) is 1.36. The van der Waals surface area contributed by atoms with Crippen LogP contribution in [0.3, 0.4) is 0 Å². The number of aryl methyl sites for hydroxylation is 1. The van der Waals surface area contributed by atoms with Crippen molar-refractivity contribution >= 4 is 40.2 Å². The zero-order valence-corrected chi connectivity index (χ0v) is 12.0. The molecule has 0 aliphatic heterocycles. The molecule has 0 radical (unpaired) electrons. The standard InChI is InChI=1S/C11H9F3INO3/c1-5-3-6(15)4-7(9(17)19-2)8(5)16-10(18)11(12,13)14/h3-4H,1-2H3,(H,16,18). The van der Waals surface area contributed by atoms with Crippen molar-refractivity contribution in [1.82, 2.24) is 0 Å². The van der Waals surface area contributed by atoms with E-state index in [-0.39, 0.29) is 11.3 Å². The third kappa shape index (κ3) is 3.82. The Morgan fingerprint density at radius 1 is 1.32 bits per heavy atom. The number of halogens is 4. The molecule has 1 aromatic carbocycles. The lowest BCUT2D eigenvalue weighted by atomic mass is 10.1. The number of amides is 1. The Balaban J connectivity index is 3.26. The summed E-state index contributed by atoms with van der Waals surface area (Å²) in [6.07, 6.45) is -5.02. The first-order chi connectivity index (χ1) is 8.66. The smallest absolute Gasteiger partial charge is 0.465 e. The maximum absolute atomic E-state index is 12.2. The zero-order valence-electron chi connectivity index (χ0n) is 9.89. The van der Waals surface area contributed by atoms with Crippen molar-refractivity contribution in [2.75, 3.05) is 12.4 Å². The highest BCUT2D eigenvalue weighted by Gasteiger charge is 2.39. The summed E-state index contributed by atoms with van der Waals surface area (Å²) >= 11 is 1.90. The number of alkyl halides is 3. The largest absolute Gasteiger partial charge is 0.471 e. The van der Waals surface area contributed by atoms with E-state index in [2.05, 4.69) is 4.74 Å². The van der Waals surface area contributed by atoms with Crippen LogP contribution in [-0.2, 0) is 9.53 Å². The summed E-state index contributed by atoms with van der Waals surface area (Å²) in [5.74, 6) is -2.96. The second-order valence-electron chi connectivity index (χ2n) is 3.59. The highest BCUT2D eigenvalue weighted by molar-refractivity contribution is 14.1. The predicted octanol–water partition coefficient (Wildman–Crippen LogP) is 2.89. The first kappa shape index (κ1) is 15.7. The molecule has 0 atom stereocenters. The van der Waals surface area contributed by atoms with Gasteiger partial charge in [-0.1, -0.05) is 0 Å². The second-order valence-corrected chi connectivity index (χ2v) is 4.83. The van der Waals surface area contributed by atoms with Crippen LogP contribution in [0.15, 0.2) is 12.1 Å². The van der Waals surface area contributed by atoms with E-state index in [0.29, 0.717) is 9.13 Å². The number of methoxy groups -OCH3 is 1. The van der Waals surface area contributed by atoms with E-state index in [9.17, 15) is 22.8 Å². The van der Waals surface area contributed by atoms with Crippen molar-refractivity contribution in [3.63, 3.8) is 0 Å². The molecule has 4 nitrogen and oxygen atoms in total. The van der Waals surface area contributed by atoms with Crippen LogP contribution in [0.2, 0.25) is 0 Å². The van der Waals surface area contributed by atoms with Gasteiger partial charge in [0.1, 0.15) is 0 Å². The molecular formula is C11H9F3INO3. The summed E-state index contributed by atoms with van der Waals surface area (Å²) in [5, 5.41) is 1.69. The minimum atomic E-state index is -5.02. The molecule has 1 amide bonds. The van der Waals surface area contributed by atoms with E-state index >= 15 is 0 Å². The molecule has 0 spiro atoms. The van der Waals surface area contributed by atoms with E-state index in [1.807, 2.05) is 22.6 Å². The summed E-state index contributed by atoms with van der Waals surface area (Å²) < 4.78 is 41.8. The predicted molar refractivity (Wildman–Crippen MR) is 69.9 cm³/mol. The summed E-state index contributed by atoms with van der Waals surface area (Å²) in [6, 6.07) is 2.88. The Bertz CT molecular complexity index is 529. The number of rotatable bonds is 2. The van der Waals surface area contributed by atoms with E-state index in [0.717, 1.165) is 7.11 Å². The number of benzene rings is 1. The number of nitrogens with one attached hydrogen (secondary N) is 1. The Hall–Kier alpha value is -1.32. The molecular weight excluding hydrogens is 378 g/mol. The fraction of sp³-hybridized carbons (Fsp3) is 0.273. The molecule has 1 aromatic rings. The van der Waals surface area contributed by atoms with Crippen molar-refractivity contribution in [2.45, 2.75) is 13.1 Å². The normalized spacial score (nSPS) is 11.1. The van der Waals surface area contributed by atoms with Gasteiger partial charge in [0, 0.05) is 3.57 Å². The van der Waals surface area contributed by atoms with Gasteiger partial charge in [0.2, 0.25) is 0 Å². The summed E-state index contributed by atoms with van der Waals surface area (Å²) in [5.41, 5.74) is 0.0176. The highest BCUT2D eigenvalue weighted by atomic mass is 127. The number of carbonyl (C=O) groups excluding carboxylic acids is 2. The average Bonchev–Trinajstić information content (AvgIpc) is 2.29. The number of anilines is 1. The molecule has 1 rings (SSSR count). The van der Waals surface area contributed by atoms with Gasteiger partial charge < -0.3 is 10.1 Å². The van der Waals surface area contributed by atoms with E-state index < -0.39 is 18.1 Å². The number of ether oxygens (including phenoxy) is 1. The number of carbonyl (C=O) groups is 2. The van der Waals surface area contributed by atoms with Crippen molar-refractivity contribution in [3.8, 4) is 0 Å². The molecule has 19 heavy (non-hydrogen) atoms. The van der Waals surface area contributed by atoms with Gasteiger partial charge in [-0.25, -0.2) is 4.79 Å². The minimum Gasteiger partial charge on any atom is -0.465 e. The summed E-state index contributed by atoms with van der Waals surface area (Å²) in [4.78, 5) is 22.5. The van der Waals surface area contributed by atoms with Gasteiger partial charge in [0.15, 0.2) is 0 Å². The average molecular weight is 387 g/mol. The quantitative estimate of drug-likeness (QED) is 0.628. The van der Waals surface area contributed by atoms with Gasteiger partial charge in [-0.15, -0.1) is 0 Å². The topological polar surface area (TPSA) is 55.4 Å². The van der Waals surface area contributed by atoms with Crippen LogP contribution >= 0.6 is 22.6 Å². The molecule has 0 aliphatic carbocycles. The molecule has 0 unspecified atom stereocenters. The van der Waals surface area contributed by atoms with Gasteiger partial charge in [-0.3, -0.25) is 4.79 Å². The fourth-order valence-corrected chi connectivity index (χ4v) is 2.14. The minimum absolute atomic E-state index is 0.121. The molecule has 0 heterocycles. The van der Waals surface area contributed by atoms with Crippen molar-refractivity contribution < 1.29 is 27.5 Å². The molecule has 0 aromatic heterocycles. The van der Waals surface area contributed by atoms with Gasteiger partial charge in [-0.05, 0) is 47.2 Å². The van der Waals surface area contributed by atoms with E-state index in [1.165, 1.54) is 13.0 Å². The maximum Gasteiger partial charge on any atom is 0.471 e. The Morgan fingerprint density at radius 3 is 2.37 bits per heavy atom. The van der Waals surface area contributed by atoms with Gasteiger partial charge >= 0.3 is 18.1 Å². The van der Waals surface area contributed by atoms with E-state index in [1.54, 1.807) is 11.4 Å². The first-order valence-electron chi connectivity index (χ1n) is 4.93. The number of esters is 1. The van der Waals surface area contributed by atoms with Gasteiger partial charge in [0.25, 0.3) is 0 Å². The Labute approximate surface area is 120 Å². The van der Waals surface area contributed by atoms with Gasteiger partial charge in [0.05, 0.1) is 18.4 Å². The second kappa shape index (κ2) is 5.76. The molecule has 0 aliphatic rings. The molecule has 0 bridgehead atoms. The van der Waals surface area contributed by atoms with Crippen molar-refractivity contribution in [2.24, 2.45) is 0 Å². The molecule has 1 N–H and O–H groups in total. The lowest BCUT2D eigenvalue weighted by Gasteiger charge is -2.14. The molecule has 0 saturated heterocycles. The summed E-state index contributed by atoms with van der Waals surface area (Å²) in [6.45, 7) is 1.49. The maximum atomic E-state index is 12.2. The van der Waals surface area contributed by atoms with Crippen molar-refractivity contribution in [1.29, 1.82) is 0 Å². The molecule has 0 fully saturated rings. The third-order valence-corrected chi connectivity index (χ3v) is 2.82. The lowest BCUT2D eigenvalue weighted by Crippen LogP contribution is -2.31. The lowest BCUT2D eigenvalue weighted by molar-refractivity contribution is -0.167. The van der Waals surface area contributed by atoms with Crippen LogP contribution < -0.4 is 5.32 Å². The van der Waals surface area contributed by atoms with Crippen molar-refractivity contribution in [3.05, 3.63) is 26.8 Å². The molecule has 104 valence electrons. The monoisotopic (exact) mass is 387 g/mol. The number of hydrogen-bond acceptors (Lipinski definition) is 3. The Kier molecular flexibility index (Phi) is 4.77. The van der Waals surface area contributed by atoms with Gasteiger partial charge in [-0.2, -0.15) is 13.2 Å². The van der Waals surface area contributed by atoms with Crippen LogP contribution in [0.5, 0.6) is 0 Å².